The summed E-state index contributed by atoms with van der Waals surface area (Å²) in [5, 5.41) is 3.42. The van der Waals surface area contributed by atoms with Gasteiger partial charge in [-0.2, -0.15) is 4.39 Å². The Labute approximate surface area is 150 Å². The Hall–Kier alpha value is -2.67. The predicted molar refractivity (Wildman–Crippen MR) is 94.3 cm³/mol. The van der Waals surface area contributed by atoms with Gasteiger partial charge < -0.3 is 20.5 Å². The molecule has 0 aliphatic carbocycles. The van der Waals surface area contributed by atoms with E-state index >= 15 is 0 Å². The van der Waals surface area contributed by atoms with Crippen LogP contribution in [0.2, 0.25) is 0 Å². The average Bonchev–Trinajstić information content (AvgIpc) is 3.05. The van der Waals surface area contributed by atoms with Gasteiger partial charge in [-0.25, -0.2) is 9.98 Å². The van der Waals surface area contributed by atoms with Crippen LogP contribution in [0.1, 0.15) is 12.0 Å². The molecule has 3 aliphatic heterocycles. The number of piperidine rings is 1. The SMILES string of the molecule is NC1=NC2(CO1)c1cc(-c3cccnc3F)ccc1OC1CCNC[C@@H]12. The molecule has 0 radical (unpaired) electrons. The van der Waals surface area contributed by atoms with Crippen LogP contribution in [0.5, 0.6) is 5.75 Å². The molecule has 2 unspecified atom stereocenters. The summed E-state index contributed by atoms with van der Waals surface area (Å²) in [5.41, 5.74) is 7.36. The van der Waals surface area contributed by atoms with Gasteiger partial charge in [0.1, 0.15) is 24.0 Å². The Kier molecular flexibility index (Phi) is 3.40. The van der Waals surface area contributed by atoms with Crippen LogP contribution < -0.4 is 15.8 Å². The number of ether oxygens (including phenoxy) is 2. The number of hydrogen-bond donors (Lipinski definition) is 2. The molecular weight excluding hydrogens is 335 g/mol. The number of aromatic nitrogens is 1. The van der Waals surface area contributed by atoms with Crippen molar-refractivity contribution >= 4 is 6.02 Å². The van der Waals surface area contributed by atoms with Gasteiger partial charge in [-0.05, 0) is 42.8 Å². The molecule has 2 aromatic rings. The van der Waals surface area contributed by atoms with Crippen molar-refractivity contribution in [1.82, 2.24) is 10.3 Å². The summed E-state index contributed by atoms with van der Waals surface area (Å²) >= 11 is 0. The largest absolute Gasteiger partial charge is 0.490 e. The van der Waals surface area contributed by atoms with E-state index in [0.29, 0.717) is 12.2 Å². The minimum Gasteiger partial charge on any atom is -0.490 e. The van der Waals surface area contributed by atoms with E-state index in [9.17, 15) is 4.39 Å². The number of nitrogens with one attached hydrogen (secondary N) is 1. The van der Waals surface area contributed by atoms with Crippen LogP contribution in [0.4, 0.5) is 4.39 Å². The molecule has 134 valence electrons. The van der Waals surface area contributed by atoms with Crippen molar-refractivity contribution in [3.8, 4) is 16.9 Å². The fraction of sp³-hybridized carbons (Fsp3) is 0.368. The lowest BCUT2D eigenvalue weighted by atomic mass is 9.71. The van der Waals surface area contributed by atoms with Gasteiger partial charge in [0.15, 0.2) is 0 Å². The lowest BCUT2D eigenvalue weighted by Crippen LogP contribution is -2.55. The van der Waals surface area contributed by atoms with E-state index < -0.39 is 11.5 Å². The van der Waals surface area contributed by atoms with Crippen molar-refractivity contribution in [2.75, 3.05) is 19.7 Å². The zero-order valence-corrected chi connectivity index (χ0v) is 14.1. The Morgan fingerprint density at radius 2 is 2.23 bits per heavy atom. The molecular formula is C19H19FN4O2. The van der Waals surface area contributed by atoms with Crippen LogP contribution in [0.3, 0.4) is 0 Å². The second kappa shape index (κ2) is 5.67. The van der Waals surface area contributed by atoms with E-state index in [2.05, 4.69) is 10.3 Å². The number of halogens is 1. The first kappa shape index (κ1) is 15.6. The zero-order chi connectivity index (χ0) is 17.7. The number of rotatable bonds is 1. The van der Waals surface area contributed by atoms with Crippen LogP contribution >= 0.6 is 0 Å². The molecule has 4 heterocycles. The Bertz CT molecular complexity index is 903. The molecule has 6 nitrogen and oxygen atoms in total. The second-order valence-electron chi connectivity index (χ2n) is 6.97. The van der Waals surface area contributed by atoms with Crippen molar-refractivity contribution in [3.63, 3.8) is 0 Å². The maximum Gasteiger partial charge on any atom is 0.283 e. The first-order valence-corrected chi connectivity index (χ1v) is 8.78. The van der Waals surface area contributed by atoms with Gasteiger partial charge in [0.2, 0.25) is 5.95 Å². The smallest absolute Gasteiger partial charge is 0.283 e. The number of hydrogen-bond acceptors (Lipinski definition) is 6. The number of amidine groups is 1. The Morgan fingerprint density at radius 1 is 1.31 bits per heavy atom. The van der Waals surface area contributed by atoms with E-state index in [1.807, 2.05) is 18.2 Å². The molecule has 1 aromatic heterocycles. The lowest BCUT2D eigenvalue weighted by Gasteiger charge is -2.46. The quantitative estimate of drug-likeness (QED) is 0.763. The summed E-state index contributed by atoms with van der Waals surface area (Å²) in [4.78, 5) is 8.46. The summed E-state index contributed by atoms with van der Waals surface area (Å²) in [6.45, 7) is 2.05. The Balaban J connectivity index is 1.69. The highest BCUT2D eigenvalue weighted by Gasteiger charge is 2.54. The maximum absolute atomic E-state index is 14.2. The molecule has 1 aromatic carbocycles. The van der Waals surface area contributed by atoms with E-state index in [0.717, 1.165) is 36.4 Å². The predicted octanol–water partition coefficient (Wildman–Crippen LogP) is 1.80. The normalized spacial score (nSPS) is 29.3. The number of pyridine rings is 1. The number of nitrogens with two attached hydrogens (primary N) is 1. The van der Waals surface area contributed by atoms with Gasteiger partial charge in [-0.1, -0.05) is 6.07 Å². The van der Waals surface area contributed by atoms with Gasteiger partial charge in [0.05, 0.1) is 0 Å². The molecule has 1 fully saturated rings. The van der Waals surface area contributed by atoms with Crippen LogP contribution in [-0.4, -0.2) is 36.8 Å². The molecule has 1 saturated heterocycles. The number of benzene rings is 1. The number of nitrogens with zero attached hydrogens (tertiary/aromatic N) is 2. The van der Waals surface area contributed by atoms with Crippen LogP contribution in [0.15, 0.2) is 41.5 Å². The number of aliphatic imine (C=N–C) groups is 1. The average molecular weight is 354 g/mol. The molecule has 0 saturated carbocycles. The second-order valence-corrected chi connectivity index (χ2v) is 6.97. The monoisotopic (exact) mass is 354 g/mol. The van der Waals surface area contributed by atoms with E-state index in [-0.39, 0.29) is 18.0 Å². The zero-order valence-electron chi connectivity index (χ0n) is 14.1. The van der Waals surface area contributed by atoms with Gasteiger partial charge in [-0.15, -0.1) is 0 Å². The first-order valence-electron chi connectivity index (χ1n) is 8.78. The molecule has 7 heteroatoms. The minimum absolute atomic E-state index is 0.0583. The van der Waals surface area contributed by atoms with Gasteiger partial charge in [0.25, 0.3) is 6.02 Å². The molecule has 1 spiro atoms. The summed E-state index contributed by atoms with van der Waals surface area (Å²) in [7, 11) is 0. The van der Waals surface area contributed by atoms with Gasteiger partial charge in [0, 0.05) is 29.8 Å². The Morgan fingerprint density at radius 3 is 3.04 bits per heavy atom. The molecule has 0 amide bonds. The number of fused-ring (bicyclic) bond motifs is 4. The van der Waals surface area contributed by atoms with Crippen molar-refractivity contribution in [3.05, 3.63) is 48.0 Å². The molecule has 3 aliphatic rings. The molecule has 5 rings (SSSR count). The summed E-state index contributed by atoms with van der Waals surface area (Å²) in [5.74, 6) is 0.378. The van der Waals surface area contributed by atoms with Crippen LogP contribution in [0, 0.1) is 11.9 Å². The highest BCUT2D eigenvalue weighted by Crippen LogP contribution is 2.50. The van der Waals surface area contributed by atoms with E-state index in [4.69, 9.17) is 20.2 Å². The van der Waals surface area contributed by atoms with Crippen molar-refractivity contribution in [1.29, 1.82) is 0 Å². The lowest BCUT2D eigenvalue weighted by molar-refractivity contribution is 0.0161. The fourth-order valence-corrected chi connectivity index (χ4v) is 4.33. The minimum atomic E-state index is -0.607. The fourth-order valence-electron chi connectivity index (χ4n) is 4.33. The molecule has 26 heavy (non-hydrogen) atoms. The summed E-state index contributed by atoms with van der Waals surface area (Å²) < 4.78 is 26.0. The molecule has 0 bridgehead atoms. The van der Waals surface area contributed by atoms with E-state index in [1.165, 1.54) is 6.20 Å². The van der Waals surface area contributed by atoms with Crippen molar-refractivity contribution < 1.29 is 13.9 Å². The summed E-state index contributed by atoms with van der Waals surface area (Å²) in [6.07, 6.45) is 2.40. The van der Waals surface area contributed by atoms with Gasteiger partial charge in [-0.3, -0.25) is 0 Å². The highest BCUT2D eigenvalue weighted by atomic mass is 19.1. The molecule has 3 atom stereocenters. The summed E-state index contributed by atoms with van der Waals surface area (Å²) in [6, 6.07) is 9.32. The first-order chi connectivity index (χ1) is 12.7. The third kappa shape index (κ3) is 2.20. The topological polar surface area (TPSA) is 81.8 Å². The van der Waals surface area contributed by atoms with E-state index in [1.54, 1.807) is 12.1 Å². The van der Waals surface area contributed by atoms with Crippen LogP contribution in [0.25, 0.3) is 11.1 Å². The van der Waals surface area contributed by atoms with Crippen molar-refractivity contribution in [2.45, 2.75) is 18.1 Å². The third-order valence-electron chi connectivity index (χ3n) is 5.58. The van der Waals surface area contributed by atoms with Gasteiger partial charge >= 0.3 is 0 Å². The molecule has 3 N–H and O–H groups in total. The van der Waals surface area contributed by atoms with Crippen molar-refractivity contribution in [2.24, 2.45) is 16.6 Å². The third-order valence-corrected chi connectivity index (χ3v) is 5.58. The highest BCUT2D eigenvalue weighted by molar-refractivity contribution is 5.75. The maximum atomic E-state index is 14.2. The standard InChI is InChI=1S/C19H19FN4O2/c20-17-12(2-1-6-23-17)11-3-4-15-13(8-11)19(10-25-18(21)24-19)14-9-22-7-5-16(14)26-15/h1-4,6,8,14,16,22H,5,7,9-10H2,(H2,21,24)/t14-,16?,19?/m0/s1. The van der Waals surface area contributed by atoms with Crippen LogP contribution in [-0.2, 0) is 10.3 Å².